The van der Waals surface area contributed by atoms with Gasteiger partial charge in [0.2, 0.25) is 10.0 Å². The molecule has 2 aromatic carbocycles. The summed E-state index contributed by atoms with van der Waals surface area (Å²) in [5, 5.41) is 0. The van der Waals surface area contributed by atoms with E-state index in [1.165, 1.54) is 0 Å². The Morgan fingerprint density at radius 2 is 1.71 bits per heavy atom. The number of sulfonamides is 1. The Morgan fingerprint density at radius 1 is 1.00 bits per heavy atom. The van der Waals surface area contributed by atoms with Crippen molar-refractivity contribution >= 4 is 10.0 Å². The van der Waals surface area contributed by atoms with Crippen LogP contribution in [0.15, 0.2) is 47.4 Å². The van der Waals surface area contributed by atoms with Crippen molar-refractivity contribution in [2.24, 2.45) is 0 Å². The van der Waals surface area contributed by atoms with Crippen LogP contribution in [-0.4, -0.2) is 28.7 Å². The van der Waals surface area contributed by atoms with Gasteiger partial charge in [0.15, 0.2) is 0 Å². The van der Waals surface area contributed by atoms with Gasteiger partial charge in [-0.15, -0.1) is 0 Å². The van der Waals surface area contributed by atoms with Crippen molar-refractivity contribution in [3.05, 3.63) is 59.2 Å². The van der Waals surface area contributed by atoms with Crippen molar-refractivity contribution in [3.63, 3.8) is 0 Å². The van der Waals surface area contributed by atoms with E-state index in [-0.39, 0.29) is 6.54 Å². The maximum atomic E-state index is 12.5. The molecule has 0 aliphatic carbocycles. The lowest BCUT2D eigenvalue weighted by atomic mass is 10.2. The van der Waals surface area contributed by atoms with Gasteiger partial charge in [-0.25, -0.2) is 13.1 Å². The summed E-state index contributed by atoms with van der Waals surface area (Å²) in [6.07, 6.45) is 0. The Kier molecular flexibility index (Phi) is 6.36. The van der Waals surface area contributed by atoms with Gasteiger partial charge >= 0.3 is 0 Å². The van der Waals surface area contributed by atoms with E-state index in [9.17, 15) is 8.42 Å². The summed E-state index contributed by atoms with van der Waals surface area (Å²) in [5.41, 5.74) is 2.51. The zero-order valence-electron chi connectivity index (χ0n) is 14.2. The number of nitrogens with one attached hydrogen (secondary N) is 1. The van der Waals surface area contributed by atoms with Gasteiger partial charge < -0.3 is 9.47 Å². The fourth-order valence-electron chi connectivity index (χ4n) is 2.20. The molecule has 0 aliphatic rings. The molecule has 0 spiro atoms. The van der Waals surface area contributed by atoms with Gasteiger partial charge in [-0.05, 0) is 48.7 Å². The zero-order valence-corrected chi connectivity index (χ0v) is 15.0. The Bertz CT molecular complexity index is 770. The highest BCUT2D eigenvalue weighted by Gasteiger charge is 2.16. The highest BCUT2D eigenvalue weighted by molar-refractivity contribution is 7.89. The number of hydrogen-bond donors (Lipinski definition) is 1. The summed E-state index contributed by atoms with van der Waals surface area (Å²) < 4.78 is 38.0. The van der Waals surface area contributed by atoms with Crippen molar-refractivity contribution in [1.29, 1.82) is 0 Å². The molecule has 0 aromatic heterocycles. The van der Waals surface area contributed by atoms with Crippen molar-refractivity contribution in [3.8, 4) is 5.75 Å². The molecule has 2 rings (SSSR count). The maximum Gasteiger partial charge on any atom is 0.241 e. The van der Waals surface area contributed by atoms with E-state index in [2.05, 4.69) is 4.72 Å². The molecule has 0 heterocycles. The molecule has 24 heavy (non-hydrogen) atoms. The van der Waals surface area contributed by atoms with Crippen molar-refractivity contribution in [2.45, 2.75) is 25.3 Å². The number of aryl methyl sites for hydroxylation is 2. The number of benzene rings is 2. The van der Waals surface area contributed by atoms with Gasteiger partial charge in [-0.1, -0.05) is 24.3 Å². The molecule has 130 valence electrons. The summed E-state index contributed by atoms with van der Waals surface area (Å²) in [6.45, 7) is 4.90. The zero-order chi connectivity index (χ0) is 17.6. The Labute approximate surface area is 143 Å². The van der Waals surface area contributed by atoms with Crippen LogP contribution in [-0.2, 0) is 21.3 Å². The fourth-order valence-corrected chi connectivity index (χ4v) is 3.54. The third kappa shape index (κ3) is 5.06. The average Bonchev–Trinajstić information content (AvgIpc) is 2.56. The number of ether oxygens (including phenoxy) is 2. The Balaban J connectivity index is 2.00. The van der Waals surface area contributed by atoms with Crippen LogP contribution in [0.2, 0.25) is 0 Å². The van der Waals surface area contributed by atoms with E-state index in [0.717, 1.165) is 22.4 Å². The molecular formula is C18H23NO4S. The normalized spacial score (nSPS) is 11.5. The standard InChI is InChI=1S/C18H23NO4S/c1-14-4-5-15(2)18(12-14)24(20,21)19-13-16-6-8-17(9-7-16)23-11-10-22-3/h4-9,12,19H,10-11,13H2,1-3H3. The molecule has 5 nitrogen and oxygen atoms in total. The van der Waals surface area contributed by atoms with E-state index in [0.29, 0.717) is 18.1 Å². The van der Waals surface area contributed by atoms with Crippen LogP contribution in [0, 0.1) is 13.8 Å². The lowest BCUT2D eigenvalue weighted by molar-refractivity contribution is 0.146. The average molecular weight is 349 g/mol. The molecule has 0 atom stereocenters. The third-order valence-corrected chi connectivity index (χ3v) is 5.12. The third-order valence-electron chi connectivity index (χ3n) is 3.58. The minimum Gasteiger partial charge on any atom is -0.491 e. The van der Waals surface area contributed by atoms with E-state index in [1.807, 2.05) is 43.3 Å². The van der Waals surface area contributed by atoms with Crippen LogP contribution in [0.3, 0.4) is 0 Å². The summed E-state index contributed by atoms with van der Waals surface area (Å²) in [5.74, 6) is 0.730. The SMILES string of the molecule is COCCOc1ccc(CNS(=O)(=O)c2cc(C)ccc2C)cc1. The van der Waals surface area contributed by atoms with E-state index >= 15 is 0 Å². The van der Waals surface area contributed by atoms with Gasteiger partial charge in [0.1, 0.15) is 12.4 Å². The second kappa shape index (κ2) is 8.28. The maximum absolute atomic E-state index is 12.5. The van der Waals surface area contributed by atoms with Crippen LogP contribution < -0.4 is 9.46 Å². The monoisotopic (exact) mass is 349 g/mol. The van der Waals surface area contributed by atoms with Gasteiger partial charge in [0, 0.05) is 13.7 Å². The molecular weight excluding hydrogens is 326 g/mol. The van der Waals surface area contributed by atoms with E-state index in [4.69, 9.17) is 9.47 Å². The molecule has 0 bridgehead atoms. The van der Waals surface area contributed by atoms with Crippen LogP contribution in [0.4, 0.5) is 0 Å². The van der Waals surface area contributed by atoms with Crippen LogP contribution in [0.5, 0.6) is 5.75 Å². The minimum atomic E-state index is -3.54. The predicted molar refractivity (Wildman–Crippen MR) is 93.8 cm³/mol. The summed E-state index contributed by atoms with van der Waals surface area (Å²) >= 11 is 0. The number of methoxy groups -OCH3 is 1. The molecule has 0 saturated carbocycles. The summed E-state index contributed by atoms with van der Waals surface area (Å²) in [6, 6.07) is 12.7. The van der Waals surface area contributed by atoms with Crippen molar-refractivity contribution < 1.29 is 17.9 Å². The van der Waals surface area contributed by atoms with Gasteiger partial charge in [-0.2, -0.15) is 0 Å². The summed E-state index contributed by atoms with van der Waals surface area (Å²) in [4.78, 5) is 0.321. The first-order valence-corrected chi connectivity index (χ1v) is 9.18. The molecule has 0 amide bonds. The molecule has 1 N–H and O–H groups in total. The molecule has 6 heteroatoms. The summed E-state index contributed by atoms with van der Waals surface area (Å²) in [7, 11) is -1.92. The molecule has 0 fully saturated rings. The first-order chi connectivity index (χ1) is 11.4. The molecule has 0 unspecified atom stereocenters. The Morgan fingerprint density at radius 3 is 2.38 bits per heavy atom. The van der Waals surface area contributed by atoms with Crippen LogP contribution in [0.1, 0.15) is 16.7 Å². The van der Waals surface area contributed by atoms with Crippen molar-refractivity contribution in [2.75, 3.05) is 20.3 Å². The van der Waals surface area contributed by atoms with Gasteiger partial charge in [0.25, 0.3) is 0 Å². The number of hydrogen-bond acceptors (Lipinski definition) is 4. The van der Waals surface area contributed by atoms with Crippen molar-refractivity contribution in [1.82, 2.24) is 4.72 Å². The number of rotatable bonds is 8. The van der Waals surface area contributed by atoms with Gasteiger partial charge in [0.05, 0.1) is 11.5 Å². The topological polar surface area (TPSA) is 64.6 Å². The lowest BCUT2D eigenvalue weighted by Crippen LogP contribution is -2.24. The van der Waals surface area contributed by atoms with Crippen LogP contribution in [0.25, 0.3) is 0 Å². The highest BCUT2D eigenvalue weighted by atomic mass is 32.2. The minimum absolute atomic E-state index is 0.230. The molecule has 0 radical (unpaired) electrons. The van der Waals surface area contributed by atoms with Crippen LogP contribution >= 0.6 is 0 Å². The predicted octanol–water partition coefficient (Wildman–Crippen LogP) is 2.81. The second-order valence-electron chi connectivity index (χ2n) is 5.58. The molecule has 0 saturated heterocycles. The lowest BCUT2D eigenvalue weighted by Gasteiger charge is -2.11. The first kappa shape index (κ1) is 18.4. The largest absolute Gasteiger partial charge is 0.491 e. The molecule has 0 aliphatic heterocycles. The molecule has 2 aromatic rings. The van der Waals surface area contributed by atoms with E-state index in [1.54, 1.807) is 20.1 Å². The van der Waals surface area contributed by atoms with E-state index < -0.39 is 10.0 Å². The highest BCUT2D eigenvalue weighted by Crippen LogP contribution is 2.17. The quantitative estimate of drug-likeness (QED) is 0.744. The second-order valence-corrected chi connectivity index (χ2v) is 7.31. The Hall–Kier alpha value is -1.89. The van der Waals surface area contributed by atoms with Gasteiger partial charge in [-0.3, -0.25) is 0 Å². The first-order valence-electron chi connectivity index (χ1n) is 7.70. The fraction of sp³-hybridized carbons (Fsp3) is 0.333. The smallest absolute Gasteiger partial charge is 0.241 e.